The highest BCUT2D eigenvalue weighted by Crippen LogP contribution is 2.32. The molecule has 0 saturated heterocycles. The normalized spacial score (nSPS) is 14.3. The number of aromatic nitrogens is 2. The standard InChI is InChI=1S/C19H18FN3O.C2HF3O2/c1-12-8-14(4-5-16(12)20)15-9-19-17(21-10-15)6-7-23(19)11-18(22-24)13-2-3-13;3-2(4,5)1(6)7/h4-10,13,24H,2-3,11H2,1H3;(H,6,7). The van der Waals surface area contributed by atoms with Crippen LogP contribution in [0.25, 0.3) is 22.2 Å². The van der Waals surface area contributed by atoms with Crippen molar-refractivity contribution in [2.75, 3.05) is 0 Å². The van der Waals surface area contributed by atoms with Gasteiger partial charge in [-0.05, 0) is 55.2 Å². The predicted molar refractivity (Wildman–Crippen MR) is 106 cm³/mol. The second-order valence-corrected chi connectivity index (χ2v) is 7.20. The van der Waals surface area contributed by atoms with Gasteiger partial charge in [0.15, 0.2) is 0 Å². The molecule has 0 atom stereocenters. The van der Waals surface area contributed by atoms with Crippen molar-refractivity contribution in [1.29, 1.82) is 0 Å². The van der Waals surface area contributed by atoms with E-state index in [0.29, 0.717) is 18.0 Å². The van der Waals surface area contributed by atoms with Crippen molar-refractivity contribution in [1.82, 2.24) is 9.55 Å². The van der Waals surface area contributed by atoms with Gasteiger partial charge in [0.2, 0.25) is 0 Å². The van der Waals surface area contributed by atoms with Gasteiger partial charge in [0.25, 0.3) is 0 Å². The highest BCUT2D eigenvalue weighted by atomic mass is 19.4. The molecule has 10 heteroatoms. The average molecular weight is 437 g/mol. The lowest BCUT2D eigenvalue weighted by atomic mass is 10.0. The lowest BCUT2D eigenvalue weighted by Crippen LogP contribution is -2.21. The number of hydrogen-bond acceptors (Lipinski definition) is 4. The van der Waals surface area contributed by atoms with E-state index in [0.717, 1.165) is 40.7 Å². The van der Waals surface area contributed by atoms with Crippen LogP contribution in [0.5, 0.6) is 0 Å². The molecule has 31 heavy (non-hydrogen) atoms. The topological polar surface area (TPSA) is 87.7 Å². The van der Waals surface area contributed by atoms with Crippen molar-refractivity contribution in [3.63, 3.8) is 0 Å². The van der Waals surface area contributed by atoms with Crippen molar-refractivity contribution < 1.29 is 32.7 Å². The number of aliphatic carboxylic acids is 1. The molecule has 4 rings (SSSR count). The number of carbonyl (C=O) groups is 1. The molecule has 0 spiro atoms. The fourth-order valence-electron chi connectivity index (χ4n) is 3.02. The number of carboxylic acids is 1. The summed E-state index contributed by atoms with van der Waals surface area (Å²) in [4.78, 5) is 13.4. The van der Waals surface area contributed by atoms with E-state index in [9.17, 15) is 22.8 Å². The van der Waals surface area contributed by atoms with Gasteiger partial charge in [-0.2, -0.15) is 13.2 Å². The second kappa shape index (κ2) is 8.75. The number of alkyl halides is 3. The van der Waals surface area contributed by atoms with Crippen LogP contribution < -0.4 is 0 Å². The molecule has 2 N–H and O–H groups in total. The van der Waals surface area contributed by atoms with E-state index >= 15 is 0 Å². The summed E-state index contributed by atoms with van der Waals surface area (Å²) in [6.07, 6.45) is 0.875. The zero-order valence-corrected chi connectivity index (χ0v) is 16.4. The molecule has 0 bridgehead atoms. The first kappa shape index (κ1) is 22.3. The van der Waals surface area contributed by atoms with Gasteiger partial charge in [0, 0.05) is 23.9 Å². The first-order valence-corrected chi connectivity index (χ1v) is 9.32. The summed E-state index contributed by atoms with van der Waals surface area (Å²) in [7, 11) is 0. The molecule has 164 valence electrons. The Morgan fingerprint density at radius 3 is 2.45 bits per heavy atom. The fraction of sp³-hybridized carbons (Fsp3) is 0.286. The fourth-order valence-corrected chi connectivity index (χ4v) is 3.02. The molecule has 1 aliphatic carbocycles. The first-order chi connectivity index (χ1) is 14.6. The van der Waals surface area contributed by atoms with Crippen LogP contribution in [0.3, 0.4) is 0 Å². The van der Waals surface area contributed by atoms with Gasteiger partial charge in [-0.1, -0.05) is 11.2 Å². The van der Waals surface area contributed by atoms with Gasteiger partial charge < -0.3 is 14.9 Å². The molecule has 0 radical (unpaired) electrons. The number of hydrogen-bond donors (Lipinski definition) is 2. The number of pyridine rings is 1. The van der Waals surface area contributed by atoms with Crippen LogP contribution in [0.15, 0.2) is 47.9 Å². The third-order valence-corrected chi connectivity index (χ3v) is 4.86. The minimum atomic E-state index is -5.08. The molecular weight excluding hydrogens is 418 g/mol. The van der Waals surface area contributed by atoms with E-state index in [1.54, 1.807) is 19.2 Å². The van der Waals surface area contributed by atoms with Crippen molar-refractivity contribution in [3.05, 3.63) is 54.1 Å². The molecule has 3 aromatic rings. The summed E-state index contributed by atoms with van der Waals surface area (Å²) in [5.41, 5.74) is 5.19. The third-order valence-electron chi connectivity index (χ3n) is 4.86. The van der Waals surface area contributed by atoms with Crippen molar-refractivity contribution in [2.45, 2.75) is 32.5 Å². The Bertz CT molecular complexity index is 1130. The maximum absolute atomic E-state index is 13.5. The minimum Gasteiger partial charge on any atom is -0.475 e. The smallest absolute Gasteiger partial charge is 0.475 e. The molecule has 0 amide bonds. The lowest BCUT2D eigenvalue weighted by molar-refractivity contribution is -0.192. The second-order valence-electron chi connectivity index (χ2n) is 7.20. The predicted octanol–water partition coefficient (Wildman–Crippen LogP) is 5.02. The summed E-state index contributed by atoms with van der Waals surface area (Å²) in [6, 6.07) is 9.09. The third kappa shape index (κ3) is 5.39. The van der Waals surface area contributed by atoms with Crippen LogP contribution in [-0.2, 0) is 11.3 Å². The van der Waals surface area contributed by atoms with Crippen molar-refractivity contribution >= 4 is 22.7 Å². The van der Waals surface area contributed by atoms with Crippen molar-refractivity contribution in [2.24, 2.45) is 11.1 Å². The van der Waals surface area contributed by atoms with E-state index in [4.69, 9.17) is 9.90 Å². The monoisotopic (exact) mass is 437 g/mol. The Kier molecular flexibility index (Phi) is 6.28. The number of halogens is 4. The molecular formula is C21H19F4N3O3. The lowest BCUT2D eigenvalue weighted by Gasteiger charge is -2.08. The van der Waals surface area contributed by atoms with Gasteiger partial charge in [-0.15, -0.1) is 0 Å². The maximum Gasteiger partial charge on any atom is 0.490 e. The van der Waals surface area contributed by atoms with E-state index in [1.807, 2.05) is 18.3 Å². The summed E-state index contributed by atoms with van der Waals surface area (Å²) < 4.78 is 47.3. The molecule has 6 nitrogen and oxygen atoms in total. The molecule has 0 unspecified atom stereocenters. The summed E-state index contributed by atoms with van der Waals surface area (Å²) in [6.45, 7) is 2.32. The molecule has 2 heterocycles. The average Bonchev–Trinajstić information content (AvgIpc) is 3.48. The number of benzene rings is 1. The number of nitrogens with zero attached hydrogens (tertiary/aromatic N) is 3. The van der Waals surface area contributed by atoms with Gasteiger partial charge in [0.05, 0.1) is 23.3 Å². The number of fused-ring (bicyclic) bond motifs is 1. The van der Waals surface area contributed by atoms with E-state index in [2.05, 4.69) is 20.8 Å². The first-order valence-electron chi connectivity index (χ1n) is 9.32. The van der Waals surface area contributed by atoms with Crippen LogP contribution in [0.4, 0.5) is 17.6 Å². The van der Waals surface area contributed by atoms with Crippen LogP contribution in [0.2, 0.25) is 0 Å². The Balaban J connectivity index is 0.000000339. The summed E-state index contributed by atoms with van der Waals surface area (Å²) in [5, 5.41) is 19.8. The molecule has 0 aliphatic heterocycles. The maximum atomic E-state index is 13.5. The molecule has 1 aromatic carbocycles. The largest absolute Gasteiger partial charge is 0.490 e. The van der Waals surface area contributed by atoms with Crippen LogP contribution in [0, 0.1) is 18.7 Å². The Hall–Kier alpha value is -3.43. The van der Waals surface area contributed by atoms with E-state index in [-0.39, 0.29) is 5.82 Å². The highest BCUT2D eigenvalue weighted by Gasteiger charge is 2.38. The van der Waals surface area contributed by atoms with Gasteiger partial charge >= 0.3 is 12.1 Å². The quantitative estimate of drug-likeness (QED) is 0.260. The summed E-state index contributed by atoms with van der Waals surface area (Å²) >= 11 is 0. The molecule has 2 aromatic heterocycles. The zero-order chi connectivity index (χ0) is 22.8. The molecule has 1 saturated carbocycles. The number of carboxylic acid groups (broad SMARTS) is 1. The minimum absolute atomic E-state index is 0.204. The van der Waals surface area contributed by atoms with Crippen molar-refractivity contribution in [3.8, 4) is 11.1 Å². The zero-order valence-electron chi connectivity index (χ0n) is 16.4. The van der Waals surface area contributed by atoms with Crippen LogP contribution in [0.1, 0.15) is 18.4 Å². The Labute approximate surface area is 174 Å². The van der Waals surface area contributed by atoms with Crippen LogP contribution >= 0.6 is 0 Å². The summed E-state index contributed by atoms with van der Waals surface area (Å²) in [5.74, 6) is -2.56. The van der Waals surface area contributed by atoms with Gasteiger partial charge in [0.1, 0.15) is 5.82 Å². The number of rotatable bonds is 4. The van der Waals surface area contributed by atoms with Gasteiger partial charge in [-0.25, -0.2) is 9.18 Å². The number of aryl methyl sites for hydroxylation is 1. The van der Waals surface area contributed by atoms with E-state index in [1.165, 1.54) is 6.07 Å². The van der Waals surface area contributed by atoms with E-state index < -0.39 is 12.1 Å². The SMILES string of the molecule is Cc1cc(-c2cnc3ccn(CC(=NO)C4CC4)c3c2)ccc1F.O=C(O)C(F)(F)F. The molecule has 1 aliphatic rings. The molecule has 1 fully saturated rings. The van der Waals surface area contributed by atoms with Crippen LogP contribution in [-0.4, -0.2) is 37.7 Å². The Morgan fingerprint density at radius 1 is 1.23 bits per heavy atom. The van der Waals surface area contributed by atoms with Gasteiger partial charge in [-0.3, -0.25) is 4.98 Å². The highest BCUT2D eigenvalue weighted by molar-refractivity contribution is 5.90. The Morgan fingerprint density at radius 2 is 1.90 bits per heavy atom. The number of oxime groups is 1.